The van der Waals surface area contributed by atoms with Gasteiger partial charge in [0.05, 0.1) is 0 Å². The molecule has 0 aliphatic heterocycles. The van der Waals surface area contributed by atoms with Crippen LogP contribution >= 0.6 is 0 Å². The van der Waals surface area contributed by atoms with Gasteiger partial charge in [0, 0.05) is 0 Å². The Kier molecular flexibility index (Phi) is 3.74. The molecule has 1 aromatic rings. The van der Waals surface area contributed by atoms with Gasteiger partial charge in [-0.2, -0.15) is 0 Å². The van der Waals surface area contributed by atoms with Gasteiger partial charge in [-0.05, 0) is 29.9 Å². The molecule has 1 rings (SSSR count). The molecule has 0 atom stereocenters. The summed E-state index contributed by atoms with van der Waals surface area (Å²) in [5.41, 5.74) is 2.84. The van der Waals surface area contributed by atoms with Crippen LogP contribution in [0.25, 0.3) is 0 Å². The SMILES string of the molecule is [CH2]c1ccccc1C(C)(C)CCCC. The smallest absolute Gasteiger partial charge is 0.0101 e. The third kappa shape index (κ3) is 2.60. The summed E-state index contributed by atoms with van der Waals surface area (Å²) in [7, 11) is 0. The molecular formula is C14H21. The van der Waals surface area contributed by atoms with E-state index >= 15 is 0 Å². The molecule has 0 unspecified atom stereocenters. The van der Waals surface area contributed by atoms with Gasteiger partial charge in [0.25, 0.3) is 0 Å². The Hall–Kier alpha value is -0.780. The molecule has 0 saturated heterocycles. The van der Waals surface area contributed by atoms with Crippen molar-refractivity contribution in [1.29, 1.82) is 0 Å². The largest absolute Gasteiger partial charge is 0.0654 e. The fraction of sp³-hybridized carbons (Fsp3) is 0.500. The Morgan fingerprint density at radius 3 is 2.43 bits per heavy atom. The van der Waals surface area contributed by atoms with Crippen molar-refractivity contribution in [2.24, 2.45) is 0 Å². The van der Waals surface area contributed by atoms with Crippen LogP contribution in [0.4, 0.5) is 0 Å². The van der Waals surface area contributed by atoms with Crippen molar-refractivity contribution < 1.29 is 0 Å². The van der Waals surface area contributed by atoms with Gasteiger partial charge in [0.2, 0.25) is 0 Å². The van der Waals surface area contributed by atoms with Crippen LogP contribution < -0.4 is 0 Å². The van der Waals surface area contributed by atoms with Crippen LogP contribution in [0.2, 0.25) is 0 Å². The third-order valence-electron chi connectivity index (χ3n) is 2.90. The van der Waals surface area contributed by atoms with Crippen LogP contribution in [0.5, 0.6) is 0 Å². The summed E-state index contributed by atoms with van der Waals surface area (Å²) in [6, 6.07) is 8.47. The van der Waals surface area contributed by atoms with Gasteiger partial charge in [0.15, 0.2) is 0 Å². The lowest BCUT2D eigenvalue weighted by Gasteiger charge is -2.26. The van der Waals surface area contributed by atoms with Crippen molar-refractivity contribution in [2.75, 3.05) is 0 Å². The molecule has 0 aromatic heterocycles. The Balaban J connectivity index is 2.86. The first-order chi connectivity index (χ1) is 6.58. The maximum Gasteiger partial charge on any atom is -0.0101 e. The molecule has 77 valence electrons. The Morgan fingerprint density at radius 2 is 1.86 bits per heavy atom. The van der Waals surface area contributed by atoms with E-state index in [4.69, 9.17) is 0 Å². The summed E-state index contributed by atoms with van der Waals surface area (Å²) in [6.45, 7) is 11.0. The Bertz CT molecular complexity index is 284. The minimum absolute atomic E-state index is 0.272. The zero-order valence-electron chi connectivity index (χ0n) is 9.64. The molecule has 0 aliphatic carbocycles. The molecule has 0 fully saturated rings. The van der Waals surface area contributed by atoms with Crippen LogP contribution in [0.3, 0.4) is 0 Å². The summed E-state index contributed by atoms with van der Waals surface area (Å²) in [5.74, 6) is 0. The van der Waals surface area contributed by atoms with Crippen molar-refractivity contribution in [3.63, 3.8) is 0 Å². The second-order valence-corrected chi connectivity index (χ2v) is 4.64. The molecule has 1 radical (unpaired) electrons. The van der Waals surface area contributed by atoms with E-state index in [1.54, 1.807) is 0 Å². The van der Waals surface area contributed by atoms with E-state index in [0.717, 1.165) is 0 Å². The van der Waals surface area contributed by atoms with Crippen molar-refractivity contribution >= 4 is 0 Å². The number of hydrogen-bond acceptors (Lipinski definition) is 0. The van der Waals surface area contributed by atoms with E-state index in [0.29, 0.717) is 0 Å². The predicted octanol–water partition coefficient (Wildman–Crippen LogP) is 4.34. The highest BCUT2D eigenvalue weighted by atomic mass is 14.2. The quantitative estimate of drug-likeness (QED) is 0.661. The van der Waals surface area contributed by atoms with Crippen molar-refractivity contribution in [3.8, 4) is 0 Å². The van der Waals surface area contributed by atoms with Crippen LogP contribution in [-0.2, 0) is 5.41 Å². The molecular weight excluding hydrogens is 168 g/mol. The Morgan fingerprint density at radius 1 is 1.21 bits per heavy atom. The van der Waals surface area contributed by atoms with E-state index in [-0.39, 0.29) is 5.41 Å². The van der Waals surface area contributed by atoms with E-state index in [2.05, 4.69) is 52.0 Å². The summed E-state index contributed by atoms with van der Waals surface area (Å²) in [6.07, 6.45) is 3.81. The molecule has 0 bridgehead atoms. The monoisotopic (exact) mass is 189 g/mol. The van der Waals surface area contributed by atoms with Gasteiger partial charge >= 0.3 is 0 Å². The molecule has 0 aliphatic rings. The molecule has 1 aromatic carbocycles. The van der Waals surface area contributed by atoms with Crippen LogP contribution in [0, 0.1) is 6.92 Å². The lowest BCUT2D eigenvalue weighted by atomic mass is 9.78. The molecule has 0 amide bonds. The second-order valence-electron chi connectivity index (χ2n) is 4.64. The van der Waals surface area contributed by atoms with Gasteiger partial charge in [-0.1, -0.05) is 57.9 Å². The fourth-order valence-electron chi connectivity index (χ4n) is 1.93. The molecule has 0 heterocycles. The number of benzene rings is 1. The van der Waals surface area contributed by atoms with Crippen LogP contribution in [0.1, 0.15) is 51.2 Å². The molecule has 0 nitrogen and oxygen atoms in total. The predicted molar refractivity (Wildman–Crippen MR) is 63.5 cm³/mol. The molecule has 14 heavy (non-hydrogen) atoms. The third-order valence-corrected chi connectivity index (χ3v) is 2.90. The highest BCUT2D eigenvalue weighted by molar-refractivity contribution is 5.35. The average Bonchev–Trinajstić information content (AvgIpc) is 2.15. The molecule has 0 N–H and O–H groups in total. The number of rotatable bonds is 4. The summed E-state index contributed by atoms with van der Waals surface area (Å²) >= 11 is 0. The molecule has 0 saturated carbocycles. The van der Waals surface area contributed by atoms with Gasteiger partial charge in [0.1, 0.15) is 0 Å². The highest BCUT2D eigenvalue weighted by Gasteiger charge is 2.20. The highest BCUT2D eigenvalue weighted by Crippen LogP contribution is 2.30. The molecule has 0 spiro atoms. The lowest BCUT2D eigenvalue weighted by molar-refractivity contribution is 0.456. The van der Waals surface area contributed by atoms with E-state index < -0.39 is 0 Å². The van der Waals surface area contributed by atoms with E-state index in [9.17, 15) is 0 Å². The van der Waals surface area contributed by atoms with Crippen molar-refractivity contribution in [1.82, 2.24) is 0 Å². The topological polar surface area (TPSA) is 0 Å². The van der Waals surface area contributed by atoms with Crippen molar-refractivity contribution in [3.05, 3.63) is 42.3 Å². The normalized spacial score (nSPS) is 11.7. The minimum Gasteiger partial charge on any atom is -0.0654 e. The second kappa shape index (κ2) is 4.63. The van der Waals surface area contributed by atoms with Crippen LogP contribution in [-0.4, -0.2) is 0 Å². The first-order valence-corrected chi connectivity index (χ1v) is 5.49. The Labute approximate surface area is 88.4 Å². The van der Waals surface area contributed by atoms with Gasteiger partial charge in [-0.3, -0.25) is 0 Å². The summed E-state index contributed by atoms with van der Waals surface area (Å²) in [5, 5.41) is 0. The fourth-order valence-corrected chi connectivity index (χ4v) is 1.93. The van der Waals surface area contributed by atoms with Gasteiger partial charge in [-0.25, -0.2) is 0 Å². The standard InChI is InChI=1S/C14H21/c1-5-6-11-14(3,4)13-10-8-7-9-12(13)2/h7-10H,2,5-6,11H2,1,3-4H3. The van der Waals surface area contributed by atoms with Gasteiger partial charge in [-0.15, -0.1) is 0 Å². The lowest BCUT2D eigenvalue weighted by Crippen LogP contribution is -2.18. The van der Waals surface area contributed by atoms with E-state index in [1.807, 2.05) is 0 Å². The number of unbranched alkanes of at least 4 members (excludes halogenated alkanes) is 1. The average molecular weight is 189 g/mol. The van der Waals surface area contributed by atoms with E-state index in [1.165, 1.54) is 30.4 Å². The minimum atomic E-state index is 0.272. The summed E-state index contributed by atoms with van der Waals surface area (Å²) in [4.78, 5) is 0. The zero-order valence-corrected chi connectivity index (χ0v) is 9.64. The number of hydrogen-bond donors (Lipinski definition) is 0. The maximum absolute atomic E-state index is 4.09. The zero-order chi connectivity index (χ0) is 10.6. The maximum atomic E-state index is 4.09. The van der Waals surface area contributed by atoms with Crippen molar-refractivity contribution in [2.45, 2.75) is 45.4 Å². The van der Waals surface area contributed by atoms with Gasteiger partial charge < -0.3 is 0 Å². The first kappa shape index (κ1) is 11.3. The summed E-state index contributed by atoms with van der Waals surface area (Å²) < 4.78 is 0. The first-order valence-electron chi connectivity index (χ1n) is 5.49. The van der Waals surface area contributed by atoms with Crippen LogP contribution in [0.15, 0.2) is 24.3 Å². The molecule has 0 heteroatoms.